The first-order valence-electron chi connectivity index (χ1n) is 11.5. The fourth-order valence-electron chi connectivity index (χ4n) is 4.32. The van der Waals surface area contributed by atoms with E-state index >= 15 is 0 Å². The number of aromatic hydroxyl groups is 1. The number of fused-ring (bicyclic) bond motifs is 2. The molecule has 0 aliphatic carbocycles. The van der Waals surface area contributed by atoms with Crippen molar-refractivity contribution >= 4 is 39.3 Å². The number of anilines is 1. The average Bonchev–Trinajstić information content (AvgIpc) is 2.86. The summed E-state index contributed by atoms with van der Waals surface area (Å²) in [5.41, 5.74) is 1.43. The molecule has 0 spiro atoms. The second kappa shape index (κ2) is 10.7. The molecule has 0 unspecified atom stereocenters. The summed E-state index contributed by atoms with van der Waals surface area (Å²) in [6.07, 6.45) is 2.64. The van der Waals surface area contributed by atoms with E-state index < -0.39 is 18.2 Å². The molecular formula is C29H27NO5. The number of aliphatic carboxylic acids is 1. The summed E-state index contributed by atoms with van der Waals surface area (Å²) in [7, 11) is 0. The van der Waals surface area contributed by atoms with E-state index in [2.05, 4.69) is 5.32 Å². The monoisotopic (exact) mass is 469 g/mol. The Hall–Kier alpha value is -4.32. The van der Waals surface area contributed by atoms with Crippen LogP contribution in [-0.4, -0.2) is 22.3 Å². The van der Waals surface area contributed by atoms with Crippen LogP contribution >= 0.6 is 0 Å². The fraction of sp³-hybridized carbons (Fsp3) is 0.172. The molecule has 4 aromatic rings. The standard InChI is InChI=1S/C29H27NO5/c1-19(9-2-7-16-27(32)33)28(24-17-18-26(31)23-14-6-5-13-22(23)24)35-29(34)30-25-15-8-11-20-10-3-4-12-21(20)25/h3-8,10-19,28,31H,2,9H2,1H3,(H,30,34)(H,32,33)/b16-7+/t19-,28+/m0/s1. The number of carbonyl (C=O) groups excluding carboxylic acids is 1. The molecule has 0 aliphatic heterocycles. The molecule has 4 rings (SSSR count). The second-order valence-electron chi connectivity index (χ2n) is 8.49. The molecule has 1 amide bonds. The van der Waals surface area contributed by atoms with Gasteiger partial charge in [0.15, 0.2) is 0 Å². The number of rotatable bonds is 8. The smallest absolute Gasteiger partial charge is 0.412 e. The van der Waals surface area contributed by atoms with Gasteiger partial charge in [-0.25, -0.2) is 9.59 Å². The Bertz CT molecular complexity index is 1390. The van der Waals surface area contributed by atoms with E-state index in [1.807, 2.05) is 73.7 Å². The largest absolute Gasteiger partial charge is 0.507 e. The summed E-state index contributed by atoms with van der Waals surface area (Å²) in [6.45, 7) is 1.96. The van der Waals surface area contributed by atoms with Gasteiger partial charge in [-0.05, 0) is 41.7 Å². The molecular weight excluding hydrogens is 442 g/mol. The number of carboxylic acid groups (broad SMARTS) is 1. The minimum atomic E-state index is -0.996. The molecule has 6 nitrogen and oxygen atoms in total. The van der Waals surface area contributed by atoms with E-state index in [1.54, 1.807) is 18.2 Å². The number of benzene rings is 4. The molecule has 4 aromatic carbocycles. The molecule has 0 saturated heterocycles. The molecule has 0 saturated carbocycles. The van der Waals surface area contributed by atoms with Crippen molar-refractivity contribution in [2.75, 3.05) is 5.32 Å². The summed E-state index contributed by atoms with van der Waals surface area (Å²) < 4.78 is 6.01. The molecule has 0 fully saturated rings. The highest BCUT2D eigenvalue weighted by atomic mass is 16.6. The zero-order valence-corrected chi connectivity index (χ0v) is 19.3. The van der Waals surface area contributed by atoms with Crippen LogP contribution in [0, 0.1) is 5.92 Å². The molecule has 0 aliphatic rings. The van der Waals surface area contributed by atoms with Gasteiger partial charge >= 0.3 is 12.1 Å². The van der Waals surface area contributed by atoms with Gasteiger partial charge in [0.1, 0.15) is 11.9 Å². The molecule has 6 heteroatoms. The molecule has 178 valence electrons. The first-order chi connectivity index (χ1) is 16.9. The number of carboxylic acids is 1. The molecule has 35 heavy (non-hydrogen) atoms. The highest BCUT2D eigenvalue weighted by molar-refractivity contribution is 6.00. The van der Waals surface area contributed by atoms with Crippen molar-refractivity contribution in [1.29, 1.82) is 0 Å². The van der Waals surface area contributed by atoms with E-state index in [0.717, 1.165) is 27.8 Å². The van der Waals surface area contributed by atoms with Gasteiger partial charge in [0.05, 0.1) is 5.69 Å². The Kier molecular flexibility index (Phi) is 7.31. The Morgan fingerprint density at radius 2 is 1.60 bits per heavy atom. The van der Waals surface area contributed by atoms with Crippen molar-refractivity contribution in [3.8, 4) is 5.75 Å². The van der Waals surface area contributed by atoms with Gasteiger partial charge in [-0.1, -0.05) is 79.7 Å². The van der Waals surface area contributed by atoms with Crippen LogP contribution in [0.15, 0.2) is 91.0 Å². The maximum absolute atomic E-state index is 13.1. The lowest BCUT2D eigenvalue weighted by Crippen LogP contribution is -2.22. The summed E-state index contributed by atoms with van der Waals surface area (Å²) in [5, 5.41) is 25.4. The van der Waals surface area contributed by atoms with E-state index in [1.165, 1.54) is 0 Å². The summed E-state index contributed by atoms with van der Waals surface area (Å²) in [6, 6.07) is 24.3. The lowest BCUT2D eigenvalue weighted by Gasteiger charge is -2.26. The molecule has 3 N–H and O–H groups in total. The number of allylic oxidation sites excluding steroid dienone is 1. The first-order valence-corrected chi connectivity index (χ1v) is 11.5. The van der Waals surface area contributed by atoms with Crippen molar-refractivity contribution in [3.05, 3.63) is 96.6 Å². The van der Waals surface area contributed by atoms with Crippen LogP contribution in [0.1, 0.15) is 31.4 Å². The highest BCUT2D eigenvalue weighted by Crippen LogP contribution is 2.37. The van der Waals surface area contributed by atoms with Crippen LogP contribution in [0.3, 0.4) is 0 Å². The van der Waals surface area contributed by atoms with Crippen LogP contribution < -0.4 is 5.32 Å². The predicted molar refractivity (Wildman–Crippen MR) is 138 cm³/mol. The van der Waals surface area contributed by atoms with Crippen LogP contribution in [0.5, 0.6) is 5.75 Å². The van der Waals surface area contributed by atoms with Crippen LogP contribution in [0.25, 0.3) is 21.5 Å². The number of ether oxygens (including phenoxy) is 1. The third-order valence-electron chi connectivity index (χ3n) is 6.07. The van der Waals surface area contributed by atoms with Gasteiger partial charge in [-0.2, -0.15) is 0 Å². The van der Waals surface area contributed by atoms with Crippen molar-refractivity contribution in [3.63, 3.8) is 0 Å². The summed E-state index contributed by atoms with van der Waals surface area (Å²) in [4.78, 5) is 23.9. The number of hydrogen-bond donors (Lipinski definition) is 3. The number of phenolic OH excluding ortho intramolecular Hbond substituents is 1. The number of hydrogen-bond acceptors (Lipinski definition) is 4. The lowest BCUT2D eigenvalue weighted by molar-refractivity contribution is -0.131. The second-order valence-corrected chi connectivity index (χ2v) is 8.49. The SMILES string of the molecule is C[C@@H](CC/C=C/C(=O)O)[C@@H](OC(=O)Nc1cccc2ccccc12)c1ccc(O)c2ccccc12. The zero-order valence-electron chi connectivity index (χ0n) is 19.3. The van der Waals surface area contributed by atoms with Crippen molar-refractivity contribution < 1.29 is 24.5 Å². The minimum Gasteiger partial charge on any atom is -0.507 e. The van der Waals surface area contributed by atoms with Crippen molar-refractivity contribution in [2.45, 2.75) is 25.9 Å². The van der Waals surface area contributed by atoms with Crippen LogP contribution in [0.4, 0.5) is 10.5 Å². The van der Waals surface area contributed by atoms with E-state index in [-0.39, 0.29) is 11.7 Å². The van der Waals surface area contributed by atoms with Crippen molar-refractivity contribution in [1.82, 2.24) is 0 Å². The van der Waals surface area contributed by atoms with Gasteiger partial charge in [0, 0.05) is 22.4 Å². The minimum absolute atomic E-state index is 0.125. The predicted octanol–water partition coefficient (Wildman–Crippen LogP) is 7.05. The van der Waals surface area contributed by atoms with Gasteiger partial charge in [-0.15, -0.1) is 0 Å². The number of nitrogens with one attached hydrogen (secondary N) is 1. The van der Waals surface area contributed by atoms with Gasteiger partial charge in [0.25, 0.3) is 0 Å². The van der Waals surface area contributed by atoms with E-state index in [0.29, 0.717) is 23.9 Å². The normalized spacial score (nSPS) is 13.1. The maximum Gasteiger partial charge on any atom is 0.412 e. The van der Waals surface area contributed by atoms with Crippen molar-refractivity contribution in [2.24, 2.45) is 5.92 Å². The van der Waals surface area contributed by atoms with E-state index in [4.69, 9.17) is 9.84 Å². The Balaban J connectivity index is 1.63. The molecule has 0 heterocycles. The Labute approximate surface area is 203 Å². The van der Waals surface area contributed by atoms with Crippen LogP contribution in [0.2, 0.25) is 0 Å². The third-order valence-corrected chi connectivity index (χ3v) is 6.07. The average molecular weight is 470 g/mol. The number of amides is 1. The first kappa shape index (κ1) is 23.8. The molecule has 0 radical (unpaired) electrons. The van der Waals surface area contributed by atoms with E-state index in [9.17, 15) is 14.7 Å². The summed E-state index contributed by atoms with van der Waals surface area (Å²) in [5.74, 6) is -0.968. The number of phenols is 1. The highest BCUT2D eigenvalue weighted by Gasteiger charge is 2.26. The fourth-order valence-corrected chi connectivity index (χ4v) is 4.32. The van der Waals surface area contributed by atoms with Gasteiger partial charge in [0.2, 0.25) is 0 Å². The van der Waals surface area contributed by atoms with Crippen LogP contribution in [-0.2, 0) is 9.53 Å². The van der Waals surface area contributed by atoms with Gasteiger partial charge in [-0.3, -0.25) is 5.32 Å². The zero-order chi connectivity index (χ0) is 24.8. The molecule has 0 bridgehead atoms. The quantitative estimate of drug-likeness (QED) is 0.240. The van der Waals surface area contributed by atoms with Gasteiger partial charge < -0.3 is 14.9 Å². The molecule has 0 aromatic heterocycles. The Morgan fingerprint density at radius 1 is 0.914 bits per heavy atom. The topological polar surface area (TPSA) is 95.9 Å². The Morgan fingerprint density at radius 3 is 2.37 bits per heavy atom. The number of carbonyl (C=O) groups is 2. The maximum atomic E-state index is 13.1. The lowest BCUT2D eigenvalue weighted by atomic mass is 9.89. The molecule has 2 atom stereocenters. The third kappa shape index (κ3) is 5.61. The summed E-state index contributed by atoms with van der Waals surface area (Å²) >= 11 is 0.